The van der Waals surface area contributed by atoms with Gasteiger partial charge in [0.2, 0.25) is 0 Å². The topological polar surface area (TPSA) is 24.1 Å². The van der Waals surface area contributed by atoms with Gasteiger partial charge in [-0.3, -0.25) is 0 Å². The lowest BCUT2D eigenvalue weighted by atomic mass is 9.87. The molecule has 0 amide bonds. The molecule has 2 rings (SSSR count). The van der Waals surface area contributed by atoms with E-state index < -0.39 is 0 Å². The summed E-state index contributed by atoms with van der Waals surface area (Å²) in [4.78, 5) is 0. The van der Waals surface area contributed by atoms with E-state index in [1.165, 1.54) is 44.9 Å². The summed E-state index contributed by atoms with van der Waals surface area (Å²) < 4.78 is 0. The predicted molar refractivity (Wildman–Crippen MR) is 65.1 cm³/mol. The minimum atomic E-state index is 0.729. The van der Waals surface area contributed by atoms with Crippen LogP contribution in [0.25, 0.3) is 0 Å². The molecule has 2 nitrogen and oxygen atoms in total. The van der Waals surface area contributed by atoms with Crippen LogP contribution in [0.3, 0.4) is 0 Å². The fourth-order valence-electron chi connectivity index (χ4n) is 3.19. The van der Waals surface area contributed by atoms with Crippen molar-refractivity contribution >= 4 is 0 Å². The Balaban J connectivity index is 1.86. The van der Waals surface area contributed by atoms with E-state index >= 15 is 0 Å². The Hall–Kier alpha value is -0.0800. The maximum absolute atomic E-state index is 3.83. The molecule has 2 fully saturated rings. The smallest absolute Gasteiger partial charge is 0.0223 e. The number of nitrogens with one attached hydrogen (secondary N) is 2. The summed E-state index contributed by atoms with van der Waals surface area (Å²) in [7, 11) is 0. The summed E-state index contributed by atoms with van der Waals surface area (Å²) in [5, 5.41) is 7.60. The van der Waals surface area contributed by atoms with Gasteiger partial charge in [0.15, 0.2) is 0 Å². The molecule has 0 aliphatic carbocycles. The summed E-state index contributed by atoms with van der Waals surface area (Å²) >= 11 is 0. The summed E-state index contributed by atoms with van der Waals surface area (Å²) in [6.45, 7) is 4.63. The second-order valence-electron chi connectivity index (χ2n) is 5.41. The van der Waals surface area contributed by atoms with E-state index in [1.807, 2.05) is 0 Å². The average Bonchev–Trinajstić information content (AvgIpc) is 2.29. The van der Waals surface area contributed by atoms with E-state index in [0.717, 1.165) is 24.2 Å². The lowest BCUT2D eigenvalue weighted by molar-refractivity contribution is 0.213. The van der Waals surface area contributed by atoms with Crippen LogP contribution in [0.4, 0.5) is 0 Å². The fourth-order valence-corrected chi connectivity index (χ4v) is 3.19. The van der Waals surface area contributed by atoms with E-state index in [2.05, 4.69) is 24.5 Å². The van der Waals surface area contributed by atoms with Crippen LogP contribution in [0, 0.1) is 0 Å². The highest BCUT2D eigenvalue weighted by molar-refractivity contribution is 4.91. The first kappa shape index (κ1) is 11.4. The van der Waals surface area contributed by atoms with Gasteiger partial charge in [0, 0.05) is 24.2 Å². The van der Waals surface area contributed by atoms with Crippen LogP contribution in [-0.2, 0) is 0 Å². The van der Waals surface area contributed by atoms with E-state index in [0.29, 0.717) is 0 Å². The second-order valence-corrected chi connectivity index (χ2v) is 5.41. The molecule has 0 radical (unpaired) electrons. The van der Waals surface area contributed by atoms with Gasteiger partial charge in [-0.05, 0) is 39.0 Å². The van der Waals surface area contributed by atoms with Gasteiger partial charge in [-0.15, -0.1) is 0 Å². The highest BCUT2D eigenvalue weighted by Crippen LogP contribution is 2.22. The third kappa shape index (κ3) is 2.94. The van der Waals surface area contributed by atoms with Gasteiger partial charge in [-0.2, -0.15) is 0 Å². The summed E-state index contributed by atoms with van der Waals surface area (Å²) in [6, 6.07) is 2.99. The monoisotopic (exact) mass is 210 g/mol. The van der Waals surface area contributed by atoms with Gasteiger partial charge in [-0.25, -0.2) is 0 Å². The van der Waals surface area contributed by atoms with Crippen LogP contribution < -0.4 is 10.6 Å². The number of rotatable bonds is 2. The number of hydrogen-bond donors (Lipinski definition) is 2. The molecule has 4 unspecified atom stereocenters. The summed E-state index contributed by atoms with van der Waals surface area (Å²) in [6.07, 6.45) is 9.62. The highest BCUT2D eigenvalue weighted by atomic mass is 15.1. The molecule has 0 aromatic rings. The van der Waals surface area contributed by atoms with Gasteiger partial charge in [0.25, 0.3) is 0 Å². The molecule has 2 saturated heterocycles. The normalized spacial score (nSPS) is 42.8. The van der Waals surface area contributed by atoms with E-state index in [9.17, 15) is 0 Å². The summed E-state index contributed by atoms with van der Waals surface area (Å²) in [5.74, 6) is 0. The van der Waals surface area contributed by atoms with Crippen molar-refractivity contribution < 1.29 is 0 Å². The molecule has 0 aromatic heterocycles. The Labute approximate surface area is 94.2 Å². The van der Waals surface area contributed by atoms with Crippen LogP contribution >= 0.6 is 0 Å². The molecule has 0 bridgehead atoms. The Kier molecular flexibility index (Phi) is 4.04. The number of piperidine rings is 2. The zero-order valence-corrected chi connectivity index (χ0v) is 10.3. The molecule has 2 heteroatoms. The van der Waals surface area contributed by atoms with Crippen LogP contribution in [0.15, 0.2) is 0 Å². The van der Waals surface area contributed by atoms with Crippen molar-refractivity contribution in [1.29, 1.82) is 0 Å². The first-order valence-corrected chi connectivity index (χ1v) is 6.81. The third-order valence-electron chi connectivity index (χ3n) is 4.15. The minimum Gasteiger partial charge on any atom is -0.310 e. The molecule has 15 heavy (non-hydrogen) atoms. The van der Waals surface area contributed by atoms with Gasteiger partial charge in [0.05, 0.1) is 0 Å². The standard InChI is InChI=1S/C13H26N2/c1-3-11-7-5-9-13(15-11)12-8-4-6-10(2)14-12/h10-15H,3-9H2,1-2H3. The molecule has 0 spiro atoms. The lowest BCUT2D eigenvalue weighted by Crippen LogP contribution is -2.56. The van der Waals surface area contributed by atoms with Crippen LogP contribution in [-0.4, -0.2) is 24.2 Å². The van der Waals surface area contributed by atoms with Crippen LogP contribution in [0.5, 0.6) is 0 Å². The second kappa shape index (κ2) is 5.31. The van der Waals surface area contributed by atoms with E-state index in [1.54, 1.807) is 0 Å². The lowest BCUT2D eigenvalue weighted by Gasteiger charge is -2.40. The molecule has 0 saturated carbocycles. The van der Waals surface area contributed by atoms with Crippen molar-refractivity contribution in [2.45, 2.75) is 83.0 Å². The summed E-state index contributed by atoms with van der Waals surface area (Å²) in [5.41, 5.74) is 0. The van der Waals surface area contributed by atoms with Crippen molar-refractivity contribution in [2.75, 3.05) is 0 Å². The molecule has 2 aliphatic heterocycles. The average molecular weight is 210 g/mol. The molecule has 2 heterocycles. The zero-order chi connectivity index (χ0) is 10.7. The Morgan fingerprint density at radius 3 is 2.27 bits per heavy atom. The molecule has 88 valence electrons. The molecular weight excluding hydrogens is 184 g/mol. The minimum absolute atomic E-state index is 0.729. The van der Waals surface area contributed by atoms with Crippen molar-refractivity contribution in [1.82, 2.24) is 10.6 Å². The highest BCUT2D eigenvalue weighted by Gasteiger charge is 2.29. The first-order chi connectivity index (χ1) is 7.29. The van der Waals surface area contributed by atoms with Gasteiger partial charge < -0.3 is 10.6 Å². The predicted octanol–water partition coefficient (Wildman–Crippen LogP) is 2.44. The van der Waals surface area contributed by atoms with Crippen molar-refractivity contribution in [3.63, 3.8) is 0 Å². The fraction of sp³-hybridized carbons (Fsp3) is 1.00. The van der Waals surface area contributed by atoms with Crippen molar-refractivity contribution in [2.24, 2.45) is 0 Å². The SMILES string of the molecule is CCC1CCCC(C2CCCC(C)N2)N1. The van der Waals surface area contributed by atoms with E-state index in [4.69, 9.17) is 0 Å². The molecule has 2 aliphatic rings. The molecule has 2 N–H and O–H groups in total. The first-order valence-electron chi connectivity index (χ1n) is 6.81. The van der Waals surface area contributed by atoms with E-state index in [-0.39, 0.29) is 0 Å². The Morgan fingerprint density at radius 1 is 0.933 bits per heavy atom. The third-order valence-corrected chi connectivity index (χ3v) is 4.15. The Morgan fingerprint density at radius 2 is 1.60 bits per heavy atom. The van der Waals surface area contributed by atoms with Gasteiger partial charge in [-0.1, -0.05) is 19.8 Å². The van der Waals surface area contributed by atoms with Gasteiger partial charge >= 0.3 is 0 Å². The van der Waals surface area contributed by atoms with Crippen LogP contribution in [0.1, 0.15) is 58.8 Å². The van der Waals surface area contributed by atoms with Crippen molar-refractivity contribution in [3.8, 4) is 0 Å². The van der Waals surface area contributed by atoms with Crippen molar-refractivity contribution in [3.05, 3.63) is 0 Å². The van der Waals surface area contributed by atoms with Crippen LogP contribution in [0.2, 0.25) is 0 Å². The maximum atomic E-state index is 3.83. The molecule has 4 atom stereocenters. The largest absolute Gasteiger partial charge is 0.310 e. The van der Waals surface area contributed by atoms with Gasteiger partial charge in [0.1, 0.15) is 0 Å². The zero-order valence-electron chi connectivity index (χ0n) is 10.3. The Bertz CT molecular complexity index is 193. The quantitative estimate of drug-likeness (QED) is 0.731. The maximum Gasteiger partial charge on any atom is 0.0223 e. The molecule has 0 aromatic carbocycles. The molecular formula is C13H26N2. The number of hydrogen-bond acceptors (Lipinski definition) is 2.